The molecule has 0 aliphatic carbocycles. The van der Waals surface area contributed by atoms with Crippen LogP contribution in [0.3, 0.4) is 0 Å². The molecule has 1 saturated heterocycles. The second kappa shape index (κ2) is 5.66. The maximum Gasteiger partial charge on any atom is 0.230 e. The van der Waals surface area contributed by atoms with Gasteiger partial charge in [0, 0.05) is 22.0 Å². The Hall–Kier alpha value is -1.20. The highest BCUT2D eigenvalue weighted by Gasteiger charge is 2.25. The second-order valence-corrected chi connectivity index (χ2v) is 6.41. The van der Waals surface area contributed by atoms with E-state index in [2.05, 4.69) is 51.3 Å². The Bertz CT molecular complexity index is 611. The van der Waals surface area contributed by atoms with Gasteiger partial charge in [0.05, 0.1) is 0 Å². The molecular weight excluding hydrogens is 318 g/mol. The van der Waals surface area contributed by atoms with E-state index in [-0.39, 0.29) is 0 Å². The minimum Gasteiger partial charge on any atom is -0.339 e. The van der Waals surface area contributed by atoms with Crippen molar-refractivity contribution in [2.45, 2.75) is 38.6 Å². The molecule has 3 rings (SSSR count). The zero-order valence-corrected chi connectivity index (χ0v) is 13.3. The molecule has 106 valence electrons. The fourth-order valence-electron chi connectivity index (χ4n) is 2.74. The van der Waals surface area contributed by atoms with E-state index in [0.717, 1.165) is 40.9 Å². The number of hydrogen-bond acceptors (Lipinski definition) is 4. The lowest BCUT2D eigenvalue weighted by atomic mass is 9.93. The molecule has 2 unspecified atom stereocenters. The maximum atomic E-state index is 5.49. The molecule has 0 saturated carbocycles. The maximum absolute atomic E-state index is 5.49. The van der Waals surface area contributed by atoms with Crippen LogP contribution in [0.4, 0.5) is 0 Å². The Morgan fingerprint density at radius 3 is 3.00 bits per heavy atom. The Morgan fingerprint density at radius 2 is 2.25 bits per heavy atom. The van der Waals surface area contributed by atoms with Crippen LogP contribution in [-0.4, -0.2) is 22.7 Å². The van der Waals surface area contributed by atoms with Crippen LogP contribution in [0, 0.1) is 6.92 Å². The lowest BCUT2D eigenvalue weighted by Gasteiger charge is -2.25. The molecule has 2 aromatic rings. The summed E-state index contributed by atoms with van der Waals surface area (Å²) in [6, 6.07) is 6.61. The van der Waals surface area contributed by atoms with Crippen molar-refractivity contribution in [1.82, 2.24) is 15.5 Å². The molecule has 0 spiro atoms. The molecule has 1 fully saturated rings. The number of nitrogens with one attached hydrogen (secondary N) is 1. The molecule has 0 amide bonds. The van der Waals surface area contributed by atoms with E-state index < -0.39 is 0 Å². The van der Waals surface area contributed by atoms with Crippen molar-refractivity contribution in [1.29, 1.82) is 0 Å². The van der Waals surface area contributed by atoms with Gasteiger partial charge >= 0.3 is 0 Å². The van der Waals surface area contributed by atoms with Crippen LogP contribution < -0.4 is 5.32 Å². The van der Waals surface area contributed by atoms with Gasteiger partial charge in [-0.25, -0.2) is 0 Å². The van der Waals surface area contributed by atoms with Crippen molar-refractivity contribution >= 4 is 15.9 Å². The molecule has 1 aromatic heterocycles. The summed E-state index contributed by atoms with van der Waals surface area (Å²) in [7, 11) is 0. The molecule has 0 radical (unpaired) electrons. The molecule has 4 nitrogen and oxygen atoms in total. The predicted octanol–water partition coefficient (Wildman–Crippen LogP) is 3.66. The molecule has 2 heterocycles. The molecule has 2 atom stereocenters. The first-order valence-corrected chi connectivity index (χ1v) is 7.76. The summed E-state index contributed by atoms with van der Waals surface area (Å²) in [5.41, 5.74) is 2.18. The van der Waals surface area contributed by atoms with Crippen LogP contribution in [0.2, 0.25) is 0 Å². The van der Waals surface area contributed by atoms with Crippen molar-refractivity contribution in [2.75, 3.05) is 6.54 Å². The molecule has 1 aliphatic heterocycles. The fraction of sp³-hybridized carbons (Fsp3) is 0.467. The van der Waals surface area contributed by atoms with E-state index in [1.54, 1.807) is 0 Å². The number of hydrogen-bond donors (Lipinski definition) is 1. The first kappa shape index (κ1) is 13.8. The van der Waals surface area contributed by atoms with Crippen molar-refractivity contribution in [3.05, 3.63) is 34.1 Å². The van der Waals surface area contributed by atoms with Crippen molar-refractivity contribution in [3.63, 3.8) is 0 Å². The van der Waals surface area contributed by atoms with Gasteiger partial charge in [-0.05, 0) is 57.0 Å². The van der Waals surface area contributed by atoms with E-state index in [9.17, 15) is 0 Å². The topological polar surface area (TPSA) is 51.0 Å². The third-order valence-corrected chi connectivity index (χ3v) is 4.34. The predicted molar refractivity (Wildman–Crippen MR) is 81.6 cm³/mol. The van der Waals surface area contributed by atoms with Gasteiger partial charge in [-0.2, -0.15) is 4.98 Å². The fourth-order valence-corrected chi connectivity index (χ4v) is 3.22. The zero-order valence-electron chi connectivity index (χ0n) is 11.7. The van der Waals surface area contributed by atoms with Gasteiger partial charge < -0.3 is 9.84 Å². The van der Waals surface area contributed by atoms with Gasteiger partial charge in [-0.1, -0.05) is 21.1 Å². The first-order chi connectivity index (χ1) is 9.63. The summed E-state index contributed by atoms with van der Waals surface area (Å²) in [5.74, 6) is 1.84. The molecule has 1 aromatic carbocycles. The van der Waals surface area contributed by atoms with Crippen LogP contribution in [0.25, 0.3) is 11.4 Å². The summed E-state index contributed by atoms with van der Waals surface area (Å²) in [6.45, 7) is 5.27. The zero-order chi connectivity index (χ0) is 14.1. The lowest BCUT2D eigenvalue weighted by molar-refractivity contribution is 0.295. The summed E-state index contributed by atoms with van der Waals surface area (Å²) in [4.78, 5) is 4.61. The van der Waals surface area contributed by atoms with Crippen LogP contribution >= 0.6 is 15.9 Å². The van der Waals surface area contributed by atoms with Crippen LogP contribution in [0.5, 0.6) is 0 Å². The minimum absolute atomic E-state index is 0.378. The standard InChI is InChI=1S/C15H18BrN3O/c1-9-7-12(16)3-4-13(9)14-18-15(20-19-14)11-5-6-17-10(2)8-11/h3-4,7,10-11,17H,5-6,8H2,1-2H3. The largest absolute Gasteiger partial charge is 0.339 e. The van der Waals surface area contributed by atoms with Gasteiger partial charge in [0.2, 0.25) is 11.7 Å². The van der Waals surface area contributed by atoms with Crippen molar-refractivity contribution in [3.8, 4) is 11.4 Å². The summed E-state index contributed by atoms with van der Waals surface area (Å²) in [6.07, 6.45) is 2.12. The van der Waals surface area contributed by atoms with Gasteiger partial charge in [0.15, 0.2) is 0 Å². The van der Waals surface area contributed by atoms with Gasteiger partial charge in [-0.3, -0.25) is 0 Å². The monoisotopic (exact) mass is 335 g/mol. The number of piperidine rings is 1. The minimum atomic E-state index is 0.378. The molecule has 0 bridgehead atoms. The molecule has 1 N–H and O–H groups in total. The van der Waals surface area contributed by atoms with E-state index in [1.807, 2.05) is 12.1 Å². The highest BCUT2D eigenvalue weighted by atomic mass is 79.9. The number of halogens is 1. The highest BCUT2D eigenvalue weighted by Crippen LogP contribution is 2.29. The van der Waals surface area contributed by atoms with Crippen molar-refractivity contribution < 1.29 is 4.52 Å². The summed E-state index contributed by atoms with van der Waals surface area (Å²) >= 11 is 3.47. The van der Waals surface area contributed by atoms with Crippen molar-refractivity contribution in [2.24, 2.45) is 0 Å². The Morgan fingerprint density at radius 1 is 1.40 bits per heavy atom. The average Bonchev–Trinajstić information content (AvgIpc) is 2.88. The normalized spacial score (nSPS) is 22.9. The molecular formula is C15H18BrN3O. The van der Waals surface area contributed by atoms with Gasteiger partial charge in [0.1, 0.15) is 0 Å². The number of aryl methyl sites for hydroxylation is 1. The number of nitrogens with zero attached hydrogens (tertiary/aromatic N) is 2. The molecule has 5 heteroatoms. The van der Waals surface area contributed by atoms with Crippen LogP contribution in [-0.2, 0) is 0 Å². The van der Waals surface area contributed by atoms with Crippen LogP contribution in [0.1, 0.15) is 37.1 Å². The summed E-state index contributed by atoms with van der Waals surface area (Å²) < 4.78 is 6.56. The first-order valence-electron chi connectivity index (χ1n) is 6.97. The third kappa shape index (κ3) is 2.79. The van der Waals surface area contributed by atoms with Crippen LogP contribution in [0.15, 0.2) is 27.2 Å². The number of benzene rings is 1. The van der Waals surface area contributed by atoms with E-state index in [0.29, 0.717) is 17.8 Å². The highest BCUT2D eigenvalue weighted by molar-refractivity contribution is 9.10. The quantitative estimate of drug-likeness (QED) is 0.909. The molecule has 1 aliphatic rings. The van der Waals surface area contributed by atoms with Gasteiger partial charge in [-0.15, -0.1) is 0 Å². The van der Waals surface area contributed by atoms with E-state index in [1.165, 1.54) is 0 Å². The smallest absolute Gasteiger partial charge is 0.230 e. The Kier molecular flexibility index (Phi) is 3.89. The van der Waals surface area contributed by atoms with E-state index >= 15 is 0 Å². The number of aromatic nitrogens is 2. The van der Waals surface area contributed by atoms with E-state index in [4.69, 9.17) is 4.52 Å². The Labute approximate surface area is 127 Å². The number of rotatable bonds is 2. The lowest BCUT2D eigenvalue weighted by Crippen LogP contribution is -2.34. The molecule has 20 heavy (non-hydrogen) atoms. The average molecular weight is 336 g/mol. The summed E-state index contributed by atoms with van der Waals surface area (Å²) in [5, 5.41) is 7.60. The van der Waals surface area contributed by atoms with Gasteiger partial charge in [0.25, 0.3) is 0 Å². The third-order valence-electron chi connectivity index (χ3n) is 3.84. The second-order valence-electron chi connectivity index (χ2n) is 5.49. The Balaban J connectivity index is 1.86. The SMILES string of the molecule is Cc1cc(Br)ccc1-c1noc(C2CCNC(C)C2)n1.